The molecule has 0 atom stereocenters. The van der Waals surface area contributed by atoms with Gasteiger partial charge in [0.25, 0.3) is 5.56 Å². The van der Waals surface area contributed by atoms with Crippen molar-refractivity contribution in [3.63, 3.8) is 0 Å². The van der Waals surface area contributed by atoms with Crippen LogP contribution in [0.4, 0.5) is 11.4 Å². The molecule has 0 spiro atoms. The maximum atomic E-state index is 12.9. The van der Waals surface area contributed by atoms with Gasteiger partial charge in [-0.25, -0.2) is 4.98 Å². The van der Waals surface area contributed by atoms with Crippen molar-refractivity contribution in [1.82, 2.24) is 9.55 Å². The number of aromatic nitrogens is 2. The van der Waals surface area contributed by atoms with Crippen LogP contribution < -0.4 is 16.2 Å². The number of amides is 2. The summed E-state index contributed by atoms with van der Waals surface area (Å²) in [5, 5.41) is 5.92. The molecule has 0 unspecified atom stereocenters. The summed E-state index contributed by atoms with van der Waals surface area (Å²) in [6.07, 6.45) is 5.53. The van der Waals surface area contributed by atoms with E-state index < -0.39 is 11.8 Å². The molecule has 1 aromatic heterocycles. The van der Waals surface area contributed by atoms with Crippen molar-refractivity contribution in [2.45, 2.75) is 43.5 Å². The second kappa shape index (κ2) is 9.34. The summed E-state index contributed by atoms with van der Waals surface area (Å²) in [5.41, 5.74) is 1.67. The van der Waals surface area contributed by atoms with E-state index in [1.54, 1.807) is 40.6 Å². The molecule has 0 bridgehead atoms. The van der Waals surface area contributed by atoms with Crippen LogP contribution in [0.1, 0.15) is 31.5 Å². The first-order chi connectivity index (χ1) is 15.0. The lowest BCUT2D eigenvalue weighted by Crippen LogP contribution is -2.25. The molecule has 0 radical (unpaired) electrons. The predicted octanol–water partition coefficient (Wildman–Crippen LogP) is 3.81. The third-order valence-corrected chi connectivity index (χ3v) is 6.00. The van der Waals surface area contributed by atoms with E-state index in [0.717, 1.165) is 36.4 Å². The Morgan fingerprint density at radius 2 is 1.81 bits per heavy atom. The summed E-state index contributed by atoms with van der Waals surface area (Å²) in [6.45, 7) is 0.672. The maximum Gasteiger partial charge on any atom is 0.261 e. The molecule has 2 amide bonds. The monoisotopic (exact) mass is 436 g/mol. The largest absolute Gasteiger partial charge is 0.326 e. The molecular formula is C23H24N4O3S. The van der Waals surface area contributed by atoms with Gasteiger partial charge in [0.05, 0.1) is 10.9 Å². The van der Waals surface area contributed by atoms with E-state index in [1.165, 1.54) is 0 Å². The summed E-state index contributed by atoms with van der Waals surface area (Å²) >= 11 is 1.57. The van der Waals surface area contributed by atoms with Gasteiger partial charge in [0.1, 0.15) is 12.2 Å². The van der Waals surface area contributed by atoms with Crippen LogP contribution >= 0.6 is 11.8 Å². The Morgan fingerprint density at radius 1 is 1.03 bits per heavy atom. The normalized spacial score (nSPS) is 13.3. The van der Waals surface area contributed by atoms with Crippen LogP contribution in [-0.2, 0) is 22.6 Å². The zero-order chi connectivity index (χ0) is 21.8. The topological polar surface area (TPSA) is 93.1 Å². The van der Waals surface area contributed by atoms with Gasteiger partial charge in [0.15, 0.2) is 0 Å². The van der Waals surface area contributed by atoms with Crippen LogP contribution in [0.3, 0.4) is 0 Å². The molecule has 0 fully saturated rings. The van der Waals surface area contributed by atoms with E-state index in [0.29, 0.717) is 28.8 Å². The first-order valence-electron chi connectivity index (χ1n) is 10.3. The van der Waals surface area contributed by atoms with E-state index in [1.807, 2.05) is 24.5 Å². The van der Waals surface area contributed by atoms with Gasteiger partial charge in [0.2, 0.25) is 11.8 Å². The molecule has 0 saturated heterocycles. The number of carbonyl (C=O) groups is 2. The Labute approximate surface area is 184 Å². The summed E-state index contributed by atoms with van der Waals surface area (Å²) in [6, 6.07) is 12.5. The lowest BCUT2D eigenvalue weighted by atomic mass is 10.2. The average molecular weight is 437 g/mol. The van der Waals surface area contributed by atoms with Gasteiger partial charge < -0.3 is 10.6 Å². The molecule has 4 rings (SSSR count). The second-order valence-corrected chi connectivity index (χ2v) is 8.41. The number of nitrogens with one attached hydrogen (secondary N) is 2. The molecule has 2 aromatic carbocycles. The van der Waals surface area contributed by atoms with Crippen molar-refractivity contribution in [3.8, 4) is 0 Å². The van der Waals surface area contributed by atoms with Crippen LogP contribution in [0.15, 0.2) is 52.2 Å². The standard InChI is InChI=1S/C23H24N4O3S/c1-31-17-7-5-6-15(12-17)24-21(28)14-22(29)25-16-9-10-19-18(13-16)23(30)27-11-4-2-3-8-20(27)26-19/h5-7,9-10,12-13H,2-4,8,11,14H2,1H3,(H,24,28)(H,25,29). The Hall–Kier alpha value is -3.13. The SMILES string of the molecule is CSc1cccc(NC(=O)CC(=O)Nc2ccc3nc4n(c(=O)c3c2)CCCCC4)c1. The van der Waals surface area contributed by atoms with Crippen molar-refractivity contribution in [2.24, 2.45) is 0 Å². The first kappa shape index (κ1) is 21.1. The fourth-order valence-electron chi connectivity index (χ4n) is 3.75. The van der Waals surface area contributed by atoms with Crippen molar-refractivity contribution in [2.75, 3.05) is 16.9 Å². The average Bonchev–Trinajstić information content (AvgIpc) is 3.00. The van der Waals surface area contributed by atoms with Gasteiger partial charge >= 0.3 is 0 Å². The van der Waals surface area contributed by atoms with E-state index in [9.17, 15) is 14.4 Å². The molecule has 160 valence electrons. The Morgan fingerprint density at radius 3 is 2.58 bits per heavy atom. The summed E-state index contributed by atoms with van der Waals surface area (Å²) < 4.78 is 1.75. The van der Waals surface area contributed by atoms with Gasteiger partial charge in [-0.1, -0.05) is 12.5 Å². The van der Waals surface area contributed by atoms with Gasteiger partial charge in [-0.05, 0) is 55.5 Å². The number of nitrogens with zero attached hydrogens (tertiary/aromatic N) is 2. The number of anilines is 2. The summed E-state index contributed by atoms with van der Waals surface area (Å²) in [5.74, 6) is -0.0155. The highest BCUT2D eigenvalue weighted by atomic mass is 32.2. The van der Waals surface area contributed by atoms with E-state index in [-0.39, 0.29) is 12.0 Å². The number of thioether (sulfide) groups is 1. The Balaban J connectivity index is 1.46. The number of hydrogen-bond donors (Lipinski definition) is 2. The minimum Gasteiger partial charge on any atom is -0.326 e. The Bertz CT molecular complexity index is 1210. The molecule has 0 aliphatic carbocycles. The third kappa shape index (κ3) is 4.96. The molecule has 0 saturated carbocycles. The smallest absolute Gasteiger partial charge is 0.261 e. The zero-order valence-electron chi connectivity index (χ0n) is 17.3. The molecule has 31 heavy (non-hydrogen) atoms. The maximum absolute atomic E-state index is 12.9. The highest BCUT2D eigenvalue weighted by molar-refractivity contribution is 7.98. The second-order valence-electron chi connectivity index (χ2n) is 7.53. The zero-order valence-corrected chi connectivity index (χ0v) is 18.1. The third-order valence-electron chi connectivity index (χ3n) is 5.27. The van der Waals surface area contributed by atoms with Gasteiger partial charge in [-0.15, -0.1) is 11.8 Å². The molecule has 1 aliphatic rings. The highest BCUT2D eigenvalue weighted by Crippen LogP contribution is 2.20. The number of rotatable bonds is 5. The predicted molar refractivity (Wildman–Crippen MR) is 124 cm³/mol. The van der Waals surface area contributed by atoms with Crippen LogP contribution in [0.5, 0.6) is 0 Å². The van der Waals surface area contributed by atoms with Crippen molar-refractivity contribution in [1.29, 1.82) is 0 Å². The minimum atomic E-state index is -0.444. The fraction of sp³-hybridized carbons (Fsp3) is 0.304. The van der Waals surface area contributed by atoms with Crippen molar-refractivity contribution < 1.29 is 9.59 Å². The van der Waals surface area contributed by atoms with Crippen LogP contribution in [0.2, 0.25) is 0 Å². The van der Waals surface area contributed by atoms with Crippen LogP contribution in [0, 0.1) is 0 Å². The minimum absolute atomic E-state index is 0.0792. The molecule has 7 nitrogen and oxygen atoms in total. The number of fused-ring (bicyclic) bond motifs is 2. The van der Waals surface area contributed by atoms with Crippen molar-refractivity contribution >= 4 is 45.9 Å². The van der Waals surface area contributed by atoms with E-state index in [4.69, 9.17) is 0 Å². The number of benzene rings is 2. The quantitative estimate of drug-likeness (QED) is 0.469. The molecule has 1 aliphatic heterocycles. The van der Waals surface area contributed by atoms with Crippen molar-refractivity contribution in [3.05, 3.63) is 58.6 Å². The number of carbonyl (C=O) groups excluding carboxylic acids is 2. The molecule has 3 aromatic rings. The molecule has 8 heteroatoms. The highest BCUT2D eigenvalue weighted by Gasteiger charge is 2.15. The molecule has 2 heterocycles. The van der Waals surface area contributed by atoms with Gasteiger partial charge in [0, 0.05) is 29.2 Å². The van der Waals surface area contributed by atoms with E-state index in [2.05, 4.69) is 15.6 Å². The molecular weight excluding hydrogens is 412 g/mol. The first-order valence-corrected chi connectivity index (χ1v) is 11.5. The lowest BCUT2D eigenvalue weighted by molar-refractivity contribution is -0.123. The number of hydrogen-bond acceptors (Lipinski definition) is 5. The van der Waals surface area contributed by atoms with Crippen LogP contribution in [0.25, 0.3) is 10.9 Å². The molecule has 2 N–H and O–H groups in total. The number of aryl methyl sites for hydroxylation is 1. The summed E-state index contributed by atoms with van der Waals surface area (Å²) in [4.78, 5) is 43.2. The summed E-state index contributed by atoms with van der Waals surface area (Å²) in [7, 11) is 0. The van der Waals surface area contributed by atoms with Gasteiger partial charge in [-0.3, -0.25) is 19.0 Å². The Kier molecular flexibility index (Phi) is 6.36. The lowest BCUT2D eigenvalue weighted by Gasteiger charge is -2.11. The van der Waals surface area contributed by atoms with Crippen LogP contribution in [-0.4, -0.2) is 27.6 Å². The van der Waals surface area contributed by atoms with E-state index >= 15 is 0 Å². The fourth-order valence-corrected chi connectivity index (χ4v) is 4.21. The van der Waals surface area contributed by atoms with Gasteiger partial charge in [-0.2, -0.15) is 0 Å².